The topological polar surface area (TPSA) is 29.5 Å². The SMILES string of the molecule is CCN(Cc1cccs1)C(=O)COc1ccc(C)c(F)c1. The molecule has 112 valence electrons. The van der Waals surface area contributed by atoms with Crippen LogP contribution in [0.5, 0.6) is 5.75 Å². The quantitative estimate of drug-likeness (QED) is 0.815. The van der Waals surface area contributed by atoms with Gasteiger partial charge in [-0.25, -0.2) is 4.39 Å². The number of ether oxygens (including phenoxy) is 1. The van der Waals surface area contributed by atoms with Crippen LogP contribution in [0.4, 0.5) is 4.39 Å². The minimum Gasteiger partial charge on any atom is -0.484 e. The third-order valence-electron chi connectivity index (χ3n) is 3.17. The molecule has 21 heavy (non-hydrogen) atoms. The van der Waals surface area contributed by atoms with Crippen LogP contribution in [0.25, 0.3) is 0 Å². The van der Waals surface area contributed by atoms with Gasteiger partial charge in [-0.05, 0) is 36.9 Å². The first-order valence-electron chi connectivity index (χ1n) is 6.79. The minimum absolute atomic E-state index is 0.0816. The van der Waals surface area contributed by atoms with Crippen LogP contribution < -0.4 is 4.74 Å². The van der Waals surface area contributed by atoms with Gasteiger partial charge in [-0.15, -0.1) is 11.3 Å². The molecular formula is C16H18FNO2S. The number of carbonyl (C=O) groups excluding carboxylic acids is 1. The zero-order valence-corrected chi connectivity index (χ0v) is 13.0. The van der Waals surface area contributed by atoms with Crippen LogP contribution in [0.2, 0.25) is 0 Å². The molecule has 0 bridgehead atoms. The molecule has 0 fully saturated rings. The Morgan fingerprint density at radius 2 is 2.19 bits per heavy atom. The van der Waals surface area contributed by atoms with Gasteiger partial charge in [0.1, 0.15) is 11.6 Å². The summed E-state index contributed by atoms with van der Waals surface area (Å²) in [7, 11) is 0. The van der Waals surface area contributed by atoms with Crippen LogP contribution in [-0.4, -0.2) is 24.0 Å². The average Bonchev–Trinajstić information content (AvgIpc) is 2.98. The molecule has 0 radical (unpaired) electrons. The highest BCUT2D eigenvalue weighted by Gasteiger charge is 2.13. The average molecular weight is 307 g/mol. The molecule has 0 aliphatic rings. The molecule has 0 N–H and O–H groups in total. The van der Waals surface area contributed by atoms with Crippen molar-refractivity contribution in [1.29, 1.82) is 0 Å². The molecule has 2 rings (SSSR count). The molecule has 5 heteroatoms. The van der Waals surface area contributed by atoms with Gasteiger partial charge in [0.2, 0.25) is 0 Å². The van der Waals surface area contributed by atoms with E-state index in [1.165, 1.54) is 6.07 Å². The van der Waals surface area contributed by atoms with E-state index in [-0.39, 0.29) is 18.3 Å². The fraction of sp³-hybridized carbons (Fsp3) is 0.312. The normalized spacial score (nSPS) is 10.4. The number of hydrogen-bond donors (Lipinski definition) is 0. The Labute approximate surface area is 128 Å². The molecule has 0 unspecified atom stereocenters. The highest BCUT2D eigenvalue weighted by atomic mass is 32.1. The van der Waals surface area contributed by atoms with Crippen LogP contribution in [0.15, 0.2) is 35.7 Å². The Morgan fingerprint density at radius 1 is 1.38 bits per heavy atom. The number of amides is 1. The minimum atomic E-state index is -0.328. The first kappa shape index (κ1) is 15.5. The molecular weight excluding hydrogens is 289 g/mol. The Hall–Kier alpha value is -1.88. The predicted octanol–water partition coefficient (Wildman–Crippen LogP) is 3.62. The number of rotatable bonds is 6. The molecule has 0 aliphatic heterocycles. The molecule has 1 aromatic carbocycles. The van der Waals surface area contributed by atoms with Crippen LogP contribution in [0.1, 0.15) is 17.4 Å². The van der Waals surface area contributed by atoms with Crippen molar-refractivity contribution >= 4 is 17.2 Å². The summed E-state index contributed by atoms with van der Waals surface area (Å²) in [6.45, 7) is 4.73. The number of hydrogen-bond acceptors (Lipinski definition) is 3. The number of likely N-dealkylation sites (N-methyl/N-ethyl adjacent to an activating group) is 1. The lowest BCUT2D eigenvalue weighted by Gasteiger charge is -2.20. The number of halogens is 1. The standard InChI is InChI=1S/C16H18FNO2S/c1-3-18(10-14-5-4-8-21-14)16(19)11-20-13-7-6-12(2)15(17)9-13/h4-9H,3,10-11H2,1-2H3. The van der Waals surface area contributed by atoms with Gasteiger partial charge < -0.3 is 9.64 Å². The molecule has 1 amide bonds. The first-order valence-corrected chi connectivity index (χ1v) is 7.67. The number of aryl methyl sites for hydroxylation is 1. The van der Waals surface area contributed by atoms with E-state index in [0.29, 0.717) is 24.4 Å². The van der Waals surface area contributed by atoms with E-state index in [1.807, 2.05) is 24.4 Å². The number of benzene rings is 1. The summed E-state index contributed by atoms with van der Waals surface area (Å²) >= 11 is 1.62. The Kier molecular flexibility index (Phi) is 5.33. The summed E-state index contributed by atoms with van der Waals surface area (Å²) in [5.74, 6) is -0.0589. The maximum atomic E-state index is 13.4. The van der Waals surface area contributed by atoms with Crippen molar-refractivity contribution in [2.24, 2.45) is 0 Å². The van der Waals surface area contributed by atoms with Gasteiger partial charge in [-0.1, -0.05) is 12.1 Å². The summed E-state index contributed by atoms with van der Waals surface area (Å²) in [6, 6.07) is 8.57. The molecule has 0 spiro atoms. The fourth-order valence-corrected chi connectivity index (χ4v) is 2.59. The van der Waals surface area contributed by atoms with Crippen molar-refractivity contribution in [2.45, 2.75) is 20.4 Å². The van der Waals surface area contributed by atoms with E-state index >= 15 is 0 Å². The van der Waals surface area contributed by atoms with Crippen molar-refractivity contribution in [1.82, 2.24) is 4.90 Å². The lowest BCUT2D eigenvalue weighted by atomic mass is 10.2. The van der Waals surface area contributed by atoms with Crippen LogP contribution >= 0.6 is 11.3 Å². The molecule has 3 nitrogen and oxygen atoms in total. The van der Waals surface area contributed by atoms with Crippen molar-refractivity contribution < 1.29 is 13.9 Å². The van der Waals surface area contributed by atoms with Crippen LogP contribution in [0.3, 0.4) is 0 Å². The molecule has 0 aliphatic carbocycles. The largest absolute Gasteiger partial charge is 0.484 e. The van der Waals surface area contributed by atoms with Crippen LogP contribution in [-0.2, 0) is 11.3 Å². The van der Waals surface area contributed by atoms with E-state index in [0.717, 1.165) is 4.88 Å². The number of thiophene rings is 1. The van der Waals surface area contributed by atoms with Gasteiger partial charge in [0.05, 0.1) is 6.54 Å². The van der Waals surface area contributed by atoms with E-state index in [1.54, 1.807) is 35.3 Å². The lowest BCUT2D eigenvalue weighted by molar-refractivity contribution is -0.133. The lowest BCUT2D eigenvalue weighted by Crippen LogP contribution is -2.34. The molecule has 0 saturated carbocycles. The van der Waals surface area contributed by atoms with Crippen LogP contribution in [0, 0.1) is 12.7 Å². The smallest absolute Gasteiger partial charge is 0.260 e. The Balaban J connectivity index is 1.91. The Bertz CT molecular complexity index is 598. The third kappa shape index (κ3) is 4.29. The van der Waals surface area contributed by atoms with Gasteiger partial charge in [-0.2, -0.15) is 0 Å². The first-order chi connectivity index (χ1) is 10.1. The monoisotopic (exact) mass is 307 g/mol. The maximum absolute atomic E-state index is 13.4. The number of nitrogens with zero attached hydrogens (tertiary/aromatic N) is 1. The highest BCUT2D eigenvalue weighted by molar-refractivity contribution is 7.09. The fourth-order valence-electron chi connectivity index (χ4n) is 1.87. The molecule has 1 aromatic heterocycles. The predicted molar refractivity (Wildman–Crippen MR) is 82.0 cm³/mol. The third-order valence-corrected chi connectivity index (χ3v) is 4.03. The summed E-state index contributed by atoms with van der Waals surface area (Å²) < 4.78 is 18.8. The van der Waals surface area contributed by atoms with E-state index in [4.69, 9.17) is 4.74 Å². The van der Waals surface area contributed by atoms with Gasteiger partial charge in [-0.3, -0.25) is 4.79 Å². The maximum Gasteiger partial charge on any atom is 0.260 e. The van der Waals surface area contributed by atoms with Gasteiger partial charge in [0.15, 0.2) is 6.61 Å². The summed E-state index contributed by atoms with van der Waals surface area (Å²) in [5.41, 5.74) is 0.557. The van der Waals surface area contributed by atoms with Crippen molar-refractivity contribution in [3.63, 3.8) is 0 Å². The number of carbonyl (C=O) groups is 1. The van der Waals surface area contributed by atoms with E-state index in [9.17, 15) is 9.18 Å². The zero-order chi connectivity index (χ0) is 15.2. The second kappa shape index (κ2) is 7.22. The summed E-state index contributed by atoms with van der Waals surface area (Å²) in [4.78, 5) is 15.0. The van der Waals surface area contributed by atoms with Crippen molar-refractivity contribution in [2.75, 3.05) is 13.2 Å². The van der Waals surface area contributed by atoms with Crippen molar-refractivity contribution in [3.05, 3.63) is 52.0 Å². The molecule has 2 aromatic rings. The second-order valence-electron chi connectivity index (χ2n) is 4.69. The molecule has 1 heterocycles. The second-order valence-corrected chi connectivity index (χ2v) is 5.72. The highest BCUT2D eigenvalue weighted by Crippen LogP contribution is 2.16. The summed E-state index contributed by atoms with van der Waals surface area (Å²) in [6.07, 6.45) is 0. The van der Waals surface area contributed by atoms with E-state index in [2.05, 4.69) is 0 Å². The van der Waals surface area contributed by atoms with Gasteiger partial charge in [0, 0.05) is 17.5 Å². The van der Waals surface area contributed by atoms with Gasteiger partial charge in [0.25, 0.3) is 5.91 Å². The van der Waals surface area contributed by atoms with E-state index < -0.39 is 0 Å². The molecule has 0 saturated heterocycles. The zero-order valence-electron chi connectivity index (χ0n) is 12.1. The summed E-state index contributed by atoms with van der Waals surface area (Å²) in [5, 5.41) is 1.99. The van der Waals surface area contributed by atoms with Gasteiger partial charge >= 0.3 is 0 Å². The van der Waals surface area contributed by atoms with Crippen molar-refractivity contribution in [3.8, 4) is 5.75 Å². The Morgan fingerprint density at radius 3 is 2.81 bits per heavy atom. The molecule has 0 atom stereocenters.